The van der Waals surface area contributed by atoms with Gasteiger partial charge in [-0.15, -0.1) is 11.5 Å². The normalized spacial score (nSPS) is 9.20. The van der Waals surface area contributed by atoms with Gasteiger partial charge < -0.3 is 0 Å². The fourth-order valence-corrected chi connectivity index (χ4v) is 2.23. The zero-order valence-electron chi connectivity index (χ0n) is 7.33. The van der Waals surface area contributed by atoms with Gasteiger partial charge in [0.2, 0.25) is 0 Å². The van der Waals surface area contributed by atoms with Crippen LogP contribution in [-0.2, 0) is 0 Å². The highest BCUT2D eigenvalue weighted by atomic mass is 28.3. The fourth-order valence-electron chi connectivity index (χ4n) is 0.744. The molecule has 0 rings (SSSR count). The van der Waals surface area contributed by atoms with Crippen molar-refractivity contribution < 1.29 is 0 Å². The van der Waals surface area contributed by atoms with Gasteiger partial charge in [0.1, 0.15) is 8.80 Å². The standard InChI is InChI=1S/C9H17Si/c1-4-6-8-10(3)9-7-5-2/h4-6,8H2,1-3H3. The van der Waals surface area contributed by atoms with Crippen LogP contribution in [0.5, 0.6) is 0 Å². The monoisotopic (exact) mass is 153 g/mol. The molecule has 0 saturated carbocycles. The van der Waals surface area contributed by atoms with Crippen molar-refractivity contribution in [1.29, 1.82) is 0 Å². The number of hydrogen-bond acceptors (Lipinski definition) is 0. The van der Waals surface area contributed by atoms with E-state index in [9.17, 15) is 0 Å². The molecule has 0 heterocycles. The van der Waals surface area contributed by atoms with Crippen molar-refractivity contribution in [2.75, 3.05) is 0 Å². The van der Waals surface area contributed by atoms with Gasteiger partial charge in [0.25, 0.3) is 0 Å². The molecule has 0 aliphatic heterocycles. The lowest BCUT2D eigenvalue weighted by Gasteiger charge is -1.96. The zero-order chi connectivity index (χ0) is 7.82. The second kappa shape index (κ2) is 6.89. The molecule has 0 atom stereocenters. The first-order chi connectivity index (χ1) is 4.81. The maximum atomic E-state index is 3.32. The first-order valence-electron chi connectivity index (χ1n) is 4.12. The summed E-state index contributed by atoms with van der Waals surface area (Å²) >= 11 is 0. The average molecular weight is 153 g/mol. The predicted octanol–water partition coefficient (Wildman–Crippen LogP) is 2.86. The van der Waals surface area contributed by atoms with Crippen LogP contribution >= 0.6 is 0 Å². The molecule has 0 aliphatic carbocycles. The molecule has 0 aromatic heterocycles. The summed E-state index contributed by atoms with van der Waals surface area (Å²) in [5.74, 6) is 3.15. The van der Waals surface area contributed by atoms with Gasteiger partial charge in [-0.3, -0.25) is 0 Å². The third-order valence-electron chi connectivity index (χ3n) is 1.38. The van der Waals surface area contributed by atoms with Crippen molar-refractivity contribution in [1.82, 2.24) is 0 Å². The SMILES string of the molecule is CCC#C[Si](C)CCCC. The van der Waals surface area contributed by atoms with E-state index in [2.05, 4.69) is 31.9 Å². The molecule has 0 bridgehead atoms. The maximum Gasteiger partial charge on any atom is 0.141 e. The summed E-state index contributed by atoms with van der Waals surface area (Å²) < 4.78 is 0. The Balaban J connectivity index is 3.33. The van der Waals surface area contributed by atoms with Gasteiger partial charge in [-0.25, -0.2) is 0 Å². The Labute approximate surface area is 66.6 Å². The lowest BCUT2D eigenvalue weighted by Crippen LogP contribution is -2.02. The van der Waals surface area contributed by atoms with Crippen molar-refractivity contribution >= 4 is 8.80 Å². The molecule has 0 aromatic carbocycles. The molecule has 0 unspecified atom stereocenters. The van der Waals surface area contributed by atoms with E-state index in [1.807, 2.05) is 0 Å². The fraction of sp³-hybridized carbons (Fsp3) is 0.778. The second-order valence-corrected chi connectivity index (χ2v) is 4.85. The highest BCUT2D eigenvalue weighted by Crippen LogP contribution is 1.99. The quantitative estimate of drug-likeness (QED) is 0.432. The average Bonchev–Trinajstić information content (AvgIpc) is 1.97. The van der Waals surface area contributed by atoms with Crippen molar-refractivity contribution in [2.45, 2.75) is 45.7 Å². The van der Waals surface area contributed by atoms with Crippen molar-refractivity contribution in [3.63, 3.8) is 0 Å². The van der Waals surface area contributed by atoms with Gasteiger partial charge >= 0.3 is 0 Å². The van der Waals surface area contributed by atoms with Crippen LogP contribution in [-0.4, -0.2) is 8.80 Å². The van der Waals surface area contributed by atoms with Gasteiger partial charge in [-0.1, -0.05) is 33.2 Å². The minimum absolute atomic E-state index is 0.276. The molecule has 1 heteroatoms. The van der Waals surface area contributed by atoms with E-state index in [0.717, 1.165) is 6.42 Å². The van der Waals surface area contributed by atoms with Crippen LogP contribution in [0.2, 0.25) is 12.6 Å². The highest BCUT2D eigenvalue weighted by molar-refractivity contribution is 6.66. The van der Waals surface area contributed by atoms with E-state index >= 15 is 0 Å². The molecule has 0 saturated heterocycles. The number of rotatable bonds is 3. The Hall–Kier alpha value is -0.223. The molecule has 1 radical (unpaired) electrons. The lowest BCUT2D eigenvalue weighted by molar-refractivity contribution is 0.877. The van der Waals surface area contributed by atoms with Crippen LogP contribution in [0, 0.1) is 11.5 Å². The predicted molar refractivity (Wildman–Crippen MR) is 49.4 cm³/mol. The largest absolute Gasteiger partial charge is 0.141 e. The van der Waals surface area contributed by atoms with E-state index in [4.69, 9.17) is 0 Å². The molecule has 0 amide bonds. The van der Waals surface area contributed by atoms with Crippen LogP contribution in [0.1, 0.15) is 33.1 Å². The minimum atomic E-state index is -0.276. The molecule has 57 valence electrons. The van der Waals surface area contributed by atoms with E-state index in [1.54, 1.807) is 0 Å². The van der Waals surface area contributed by atoms with Gasteiger partial charge in [0.05, 0.1) is 0 Å². The van der Waals surface area contributed by atoms with Crippen LogP contribution in [0.3, 0.4) is 0 Å². The van der Waals surface area contributed by atoms with Crippen LogP contribution in [0.15, 0.2) is 0 Å². The van der Waals surface area contributed by atoms with Crippen molar-refractivity contribution in [2.24, 2.45) is 0 Å². The summed E-state index contributed by atoms with van der Waals surface area (Å²) in [6.45, 7) is 6.66. The first-order valence-corrected chi connectivity index (χ1v) is 6.33. The third-order valence-corrected chi connectivity index (χ3v) is 3.09. The molecular formula is C9H17Si. The summed E-state index contributed by atoms with van der Waals surface area (Å²) in [4.78, 5) is 0. The van der Waals surface area contributed by atoms with E-state index < -0.39 is 0 Å². The number of unbranched alkanes of at least 4 members (excludes halogenated alkanes) is 1. The van der Waals surface area contributed by atoms with E-state index in [0.29, 0.717) is 0 Å². The Morgan fingerprint density at radius 2 is 2.00 bits per heavy atom. The van der Waals surface area contributed by atoms with E-state index in [-0.39, 0.29) is 8.80 Å². The number of hydrogen-bond donors (Lipinski definition) is 0. The van der Waals surface area contributed by atoms with Gasteiger partial charge in [0, 0.05) is 6.42 Å². The van der Waals surface area contributed by atoms with Crippen molar-refractivity contribution in [3.8, 4) is 11.5 Å². The Bertz CT molecular complexity index is 118. The summed E-state index contributed by atoms with van der Waals surface area (Å²) in [5, 5.41) is 0. The van der Waals surface area contributed by atoms with Gasteiger partial charge in [0.15, 0.2) is 0 Å². The Morgan fingerprint density at radius 3 is 2.50 bits per heavy atom. The smallest absolute Gasteiger partial charge is 0.133 e. The summed E-state index contributed by atoms with van der Waals surface area (Å²) in [6, 6.07) is 1.37. The zero-order valence-corrected chi connectivity index (χ0v) is 8.33. The third kappa shape index (κ3) is 5.91. The van der Waals surface area contributed by atoms with Crippen molar-refractivity contribution in [3.05, 3.63) is 0 Å². The molecule has 0 aliphatic rings. The summed E-state index contributed by atoms with van der Waals surface area (Å²) in [6.07, 6.45) is 3.70. The lowest BCUT2D eigenvalue weighted by atomic mass is 10.4. The molecular weight excluding hydrogens is 136 g/mol. The summed E-state index contributed by atoms with van der Waals surface area (Å²) in [7, 11) is -0.276. The highest BCUT2D eigenvalue weighted by Gasteiger charge is 1.96. The minimum Gasteiger partial charge on any atom is -0.133 e. The summed E-state index contributed by atoms with van der Waals surface area (Å²) in [5.41, 5.74) is 3.32. The Morgan fingerprint density at radius 1 is 1.30 bits per heavy atom. The molecule has 0 spiro atoms. The van der Waals surface area contributed by atoms with Crippen LogP contribution in [0.4, 0.5) is 0 Å². The Kier molecular flexibility index (Phi) is 6.74. The van der Waals surface area contributed by atoms with E-state index in [1.165, 1.54) is 18.9 Å². The van der Waals surface area contributed by atoms with Crippen LogP contribution < -0.4 is 0 Å². The molecule has 0 aromatic rings. The first kappa shape index (κ1) is 9.78. The topological polar surface area (TPSA) is 0 Å². The second-order valence-electron chi connectivity index (χ2n) is 2.54. The maximum absolute atomic E-state index is 3.32. The molecule has 10 heavy (non-hydrogen) atoms. The molecule has 0 N–H and O–H groups in total. The van der Waals surface area contributed by atoms with Gasteiger partial charge in [-0.05, 0) is 6.04 Å². The van der Waals surface area contributed by atoms with Gasteiger partial charge in [-0.2, -0.15) is 0 Å². The van der Waals surface area contributed by atoms with Crippen LogP contribution in [0.25, 0.3) is 0 Å². The molecule has 0 nitrogen and oxygen atoms in total. The molecule has 0 fully saturated rings.